The first kappa shape index (κ1) is 18.2. The zero-order valence-electron chi connectivity index (χ0n) is 16.2. The molecule has 4 rings (SSSR count). The van der Waals surface area contributed by atoms with E-state index in [4.69, 9.17) is 4.99 Å². The molecule has 1 aliphatic heterocycles. The molecule has 0 bridgehead atoms. The smallest absolute Gasteiger partial charge is 0.194 e. The van der Waals surface area contributed by atoms with Crippen molar-refractivity contribution < 1.29 is 0 Å². The van der Waals surface area contributed by atoms with Crippen LogP contribution < -0.4 is 5.32 Å². The van der Waals surface area contributed by atoms with E-state index in [0.29, 0.717) is 12.5 Å². The maximum absolute atomic E-state index is 4.86. The maximum atomic E-state index is 4.86. The summed E-state index contributed by atoms with van der Waals surface area (Å²) in [6.45, 7) is 5.63. The zero-order valence-corrected chi connectivity index (χ0v) is 16.2. The van der Waals surface area contributed by atoms with E-state index in [-0.39, 0.29) is 0 Å². The van der Waals surface area contributed by atoms with Gasteiger partial charge in [-0.1, -0.05) is 36.4 Å². The van der Waals surface area contributed by atoms with Crippen LogP contribution in [0.1, 0.15) is 30.4 Å². The van der Waals surface area contributed by atoms with Crippen LogP contribution in [0, 0.1) is 0 Å². The Morgan fingerprint density at radius 1 is 1.21 bits per heavy atom. The van der Waals surface area contributed by atoms with Crippen LogP contribution in [0.25, 0.3) is 5.82 Å². The topological polar surface area (TPSA) is 58.3 Å². The fourth-order valence-corrected chi connectivity index (χ4v) is 3.60. The molecule has 3 aromatic rings. The van der Waals surface area contributed by atoms with E-state index in [1.807, 2.05) is 23.0 Å². The third-order valence-corrected chi connectivity index (χ3v) is 5.08. The molecule has 144 valence electrons. The summed E-state index contributed by atoms with van der Waals surface area (Å²) in [5.74, 6) is 2.42. The number of imidazole rings is 1. The van der Waals surface area contributed by atoms with Gasteiger partial charge in [-0.15, -0.1) is 0 Å². The lowest BCUT2D eigenvalue weighted by Crippen LogP contribution is -2.40. The highest BCUT2D eigenvalue weighted by molar-refractivity contribution is 5.80. The number of guanidine groups is 1. The second-order valence-corrected chi connectivity index (χ2v) is 7.01. The van der Waals surface area contributed by atoms with Gasteiger partial charge in [0, 0.05) is 44.1 Å². The number of aromatic nitrogens is 3. The Bertz CT molecular complexity index is 887. The second kappa shape index (κ2) is 8.69. The van der Waals surface area contributed by atoms with Crippen LogP contribution >= 0.6 is 0 Å². The molecule has 6 nitrogen and oxygen atoms in total. The average molecular weight is 374 g/mol. The summed E-state index contributed by atoms with van der Waals surface area (Å²) >= 11 is 0. The standard InChI is InChI=1S/C22H26N6/c1-2-24-22(27-12-10-20(16-27)19-6-4-3-5-7-19)26-15-18-8-9-21(25-14-18)28-13-11-23-17-28/h3-9,11,13-14,17,20H,2,10,12,15-16H2,1H3,(H,24,26). The van der Waals surface area contributed by atoms with Crippen LogP contribution in [0.15, 0.2) is 72.4 Å². The molecule has 1 aliphatic rings. The Kier molecular flexibility index (Phi) is 5.66. The highest BCUT2D eigenvalue weighted by Crippen LogP contribution is 2.27. The summed E-state index contributed by atoms with van der Waals surface area (Å²) in [5.41, 5.74) is 2.51. The minimum atomic E-state index is 0.571. The molecule has 1 N–H and O–H groups in total. The highest BCUT2D eigenvalue weighted by atomic mass is 15.3. The molecule has 1 unspecified atom stereocenters. The summed E-state index contributed by atoms with van der Waals surface area (Å²) in [7, 11) is 0. The summed E-state index contributed by atoms with van der Waals surface area (Å²) in [6, 6.07) is 14.9. The van der Waals surface area contributed by atoms with E-state index in [0.717, 1.165) is 43.4 Å². The lowest BCUT2D eigenvalue weighted by atomic mass is 9.99. The fraction of sp³-hybridized carbons (Fsp3) is 0.318. The molecule has 0 saturated carbocycles. The second-order valence-electron chi connectivity index (χ2n) is 7.01. The van der Waals surface area contributed by atoms with Crippen LogP contribution in [0.3, 0.4) is 0 Å². The number of pyridine rings is 1. The van der Waals surface area contributed by atoms with Crippen LogP contribution in [0.4, 0.5) is 0 Å². The molecule has 0 spiro atoms. The van der Waals surface area contributed by atoms with Gasteiger partial charge in [0.2, 0.25) is 0 Å². The van der Waals surface area contributed by atoms with Gasteiger partial charge in [-0.2, -0.15) is 0 Å². The van der Waals surface area contributed by atoms with Crippen LogP contribution in [-0.4, -0.2) is 45.0 Å². The van der Waals surface area contributed by atoms with Gasteiger partial charge < -0.3 is 10.2 Å². The number of hydrogen-bond acceptors (Lipinski definition) is 3. The number of nitrogens with one attached hydrogen (secondary N) is 1. The van der Waals surface area contributed by atoms with E-state index in [1.165, 1.54) is 5.56 Å². The minimum Gasteiger partial charge on any atom is -0.357 e. The van der Waals surface area contributed by atoms with Crippen molar-refractivity contribution in [2.45, 2.75) is 25.8 Å². The molecule has 1 fully saturated rings. The largest absolute Gasteiger partial charge is 0.357 e. The van der Waals surface area contributed by atoms with Crippen LogP contribution in [0.2, 0.25) is 0 Å². The van der Waals surface area contributed by atoms with Gasteiger partial charge in [-0.05, 0) is 30.5 Å². The monoisotopic (exact) mass is 374 g/mol. The number of aliphatic imine (C=N–C) groups is 1. The predicted octanol–water partition coefficient (Wildman–Crippen LogP) is 3.22. The van der Waals surface area contributed by atoms with Gasteiger partial charge >= 0.3 is 0 Å². The lowest BCUT2D eigenvalue weighted by Gasteiger charge is -2.21. The van der Waals surface area contributed by atoms with E-state index < -0.39 is 0 Å². The molecule has 3 heterocycles. The number of hydrogen-bond donors (Lipinski definition) is 1. The Labute approximate surface area is 166 Å². The molecular formula is C22H26N6. The SMILES string of the molecule is CCNC(=NCc1ccc(-n2ccnc2)nc1)N1CCC(c2ccccc2)C1. The lowest BCUT2D eigenvalue weighted by molar-refractivity contribution is 0.486. The number of benzene rings is 1. The van der Waals surface area contributed by atoms with Crippen molar-refractivity contribution in [2.24, 2.45) is 4.99 Å². The molecular weight excluding hydrogens is 348 g/mol. The van der Waals surface area contributed by atoms with E-state index in [9.17, 15) is 0 Å². The molecule has 6 heteroatoms. The first-order valence-corrected chi connectivity index (χ1v) is 9.85. The quantitative estimate of drug-likeness (QED) is 0.550. The summed E-state index contributed by atoms with van der Waals surface area (Å²) in [6.07, 6.45) is 8.44. The van der Waals surface area contributed by atoms with Crippen molar-refractivity contribution in [1.29, 1.82) is 0 Å². The van der Waals surface area contributed by atoms with Crippen molar-refractivity contribution in [3.63, 3.8) is 0 Å². The summed E-state index contributed by atoms with van der Waals surface area (Å²) < 4.78 is 1.89. The molecule has 1 aromatic carbocycles. The molecule has 28 heavy (non-hydrogen) atoms. The Hall–Kier alpha value is -3.15. The third-order valence-electron chi connectivity index (χ3n) is 5.08. The maximum Gasteiger partial charge on any atom is 0.194 e. The van der Waals surface area contributed by atoms with Gasteiger partial charge in [0.1, 0.15) is 12.1 Å². The summed E-state index contributed by atoms with van der Waals surface area (Å²) in [5, 5.41) is 3.44. The van der Waals surface area contributed by atoms with Crippen molar-refractivity contribution >= 4 is 5.96 Å². The van der Waals surface area contributed by atoms with Crippen molar-refractivity contribution in [3.8, 4) is 5.82 Å². The minimum absolute atomic E-state index is 0.571. The van der Waals surface area contributed by atoms with E-state index in [2.05, 4.69) is 63.5 Å². The Balaban J connectivity index is 1.42. The van der Waals surface area contributed by atoms with Crippen molar-refractivity contribution in [3.05, 3.63) is 78.5 Å². The van der Waals surface area contributed by atoms with E-state index >= 15 is 0 Å². The third kappa shape index (κ3) is 4.22. The average Bonchev–Trinajstić information content (AvgIpc) is 3.45. The first-order chi connectivity index (χ1) is 13.8. The number of rotatable bonds is 5. The Morgan fingerprint density at radius 3 is 2.82 bits per heavy atom. The van der Waals surface area contributed by atoms with Gasteiger partial charge in [-0.25, -0.2) is 15.0 Å². The number of nitrogens with zero attached hydrogens (tertiary/aromatic N) is 5. The number of likely N-dealkylation sites (tertiary alicyclic amines) is 1. The van der Waals surface area contributed by atoms with E-state index in [1.54, 1.807) is 12.5 Å². The molecule has 0 amide bonds. The normalized spacial score (nSPS) is 17.1. The Morgan fingerprint density at radius 2 is 2.11 bits per heavy atom. The highest BCUT2D eigenvalue weighted by Gasteiger charge is 2.25. The molecule has 0 radical (unpaired) electrons. The summed E-state index contributed by atoms with van der Waals surface area (Å²) in [4.78, 5) is 15.8. The van der Waals surface area contributed by atoms with Gasteiger partial charge in [0.25, 0.3) is 0 Å². The van der Waals surface area contributed by atoms with Crippen molar-refractivity contribution in [1.82, 2.24) is 24.8 Å². The van der Waals surface area contributed by atoms with Crippen LogP contribution in [0.5, 0.6) is 0 Å². The van der Waals surface area contributed by atoms with Gasteiger partial charge in [-0.3, -0.25) is 4.57 Å². The zero-order chi connectivity index (χ0) is 19.2. The fourth-order valence-electron chi connectivity index (χ4n) is 3.60. The predicted molar refractivity (Wildman–Crippen MR) is 112 cm³/mol. The molecule has 1 saturated heterocycles. The molecule has 2 aromatic heterocycles. The molecule has 0 aliphatic carbocycles. The first-order valence-electron chi connectivity index (χ1n) is 9.85. The van der Waals surface area contributed by atoms with Crippen molar-refractivity contribution in [2.75, 3.05) is 19.6 Å². The van der Waals surface area contributed by atoms with Crippen LogP contribution in [-0.2, 0) is 6.54 Å². The van der Waals surface area contributed by atoms with Gasteiger partial charge in [0.05, 0.1) is 6.54 Å². The van der Waals surface area contributed by atoms with Gasteiger partial charge in [0.15, 0.2) is 5.96 Å². The molecule has 1 atom stereocenters.